The molecular formula is C6H10FNO2. The summed E-state index contributed by atoms with van der Waals surface area (Å²) >= 11 is 0. The van der Waals surface area contributed by atoms with Crippen molar-refractivity contribution >= 4 is 0 Å². The van der Waals surface area contributed by atoms with Gasteiger partial charge in [-0.2, -0.15) is 9.65 Å². The lowest BCUT2D eigenvalue weighted by Gasteiger charge is -2.19. The van der Waals surface area contributed by atoms with E-state index in [4.69, 9.17) is 5.26 Å². The molecule has 0 aromatic rings. The lowest BCUT2D eigenvalue weighted by Crippen LogP contribution is -2.27. The SMILES string of the molecule is COC(F)(CCC#N)OC. The number of ether oxygens (including phenoxy) is 2. The molecule has 0 amide bonds. The van der Waals surface area contributed by atoms with Crippen LogP contribution in [0.3, 0.4) is 0 Å². The van der Waals surface area contributed by atoms with E-state index in [1.54, 1.807) is 6.07 Å². The Morgan fingerprint density at radius 2 is 2.00 bits per heavy atom. The quantitative estimate of drug-likeness (QED) is 0.561. The van der Waals surface area contributed by atoms with E-state index in [0.29, 0.717) is 0 Å². The van der Waals surface area contributed by atoms with E-state index in [-0.39, 0.29) is 12.8 Å². The van der Waals surface area contributed by atoms with Gasteiger partial charge in [-0.15, -0.1) is 0 Å². The third-order valence-electron chi connectivity index (χ3n) is 1.15. The molecule has 0 heterocycles. The third kappa shape index (κ3) is 2.76. The van der Waals surface area contributed by atoms with E-state index < -0.39 is 6.04 Å². The average molecular weight is 147 g/mol. The molecule has 0 aliphatic heterocycles. The van der Waals surface area contributed by atoms with Crippen LogP contribution < -0.4 is 0 Å². The summed E-state index contributed by atoms with van der Waals surface area (Å²) in [4.78, 5) is 0. The Balaban J connectivity index is 3.71. The summed E-state index contributed by atoms with van der Waals surface area (Å²) in [6.45, 7) is 0. The summed E-state index contributed by atoms with van der Waals surface area (Å²) in [5.74, 6) is 0. The summed E-state index contributed by atoms with van der Waals surface area (Å²) in [7, 11) is 2.39. The van der Waals surface area contributed by atoms with Crippen molar-refractivity contribution in [3.8, 4) is 6.07 Å². The maximum atomic E-state index is 12.8. The zero-order valence-corrected chi connectivity index (χ0v) is 6.06. The standard InChI is InChI=1S/C6H10FNO2/c1-9-6(7,10-2)4-3-5-8/h3-4H2,1-2H3. The fourth-order valence-corrected chi connectivity index (χ4v) is 0.493. The lowest BCUT2D eigenvalue weighted by atomic mass is 10.3. The molecule has 0 spiro atoms. The highest BCUT2D eigenvalue weighted by Gasteiger charge is 2.27. The zero-order chi connectivity index (χ0) is 8.04. The smallest absolute Gasteiger partial charge is 0.320 e. The minimum atomic E-state index is -2.09. The fourth-order valence-electron chi connectivity index (χ4n) is 0.493. The molecule has 0 bridgehead atoms. The molecule has 0 aliphatic carbocycles. The van der Waals surface area contributed by atoms with Gasteiger partial charge in [-0.3, -0.25) is 0 Å². The Kier molecular flexibility index (Phi) is 3.93. The van der Waals surface area contributed by atoms with Crippen LogP contribution in [-0.4, -0.2) is 20.3 Å². The van der Waals surface area contributed by atoms with Crippen LogP contribution in [0.1, 0.15) is 12.8 Å². The van der Waals surface area contributed by atoms with Gasteiger partial charge in [0.2, 0.25) is 0 Å². The van der Waals surface area contributed by atoms with Crippen LogP contribution in [0.5, 0.6) is 0 Å². The molecule has 0 saturated heterocycles. The first-order valence-corrected chi connectivity index (χ1v) is 2.84. The van der Waals surface area contributed by atoms with E-state index in [0.717, 1.165) is 0 Å². The van der Waals surface area contributed by atoms with Gasteiger partial charge in [-0.05, 0) is 0 Å². The first-order chi connectivity index (χ1) is 4.68. The van der Waals surface area contributed by atoms with Crippen LogP contribution in [0.15, 0.2) is 0 Å². The molecular weight excluding hydrogens is 137 g/mol. The topological polar surface area (TPSA) is 42.2 Å². The van der Waals surface area contributed by atoms with Gasteiger partial charge in [0.25, 0.3) is 0 Å². The molecule has 4 heteroatoms. The zero-order valence-electron chi connectivity index (χ0n) is 6.06. The first kappa shape index (κ1) is 9.34. The maximum absolute atomic E-state index is 12.8. The molecule has 0 fully saturated rings. The minimum absolute atomic E-state index is 0.0590. The van der Waals surface area contributed by atoms with Gasteiger partial charge < -0.3 is 9.47 Å². The van der Waals surface area contributed by atoms with E-state index in [1.807, 2.05) is 0 Å². The molecule has 0 aliphatic rings. The Morgan fingerprint density at radius 1 is 1.50 bits per heavy atom. The van der Waals surface area contributed by atoms with E-state index in [2.05, 4.69) is 9.47 Å². The number of nitriles is 1. The number of hydrogen-bond acceptors (Lipinski definition) is 3. The summed E-state index contributed by atoms with van der Waals surface area (Å²) in [6, 6.07) is -0.296. The number of alkyl halides is 1. The van der Waals surface area contributed by atoms with Crippen LogP contribution in [0.2, 0.25) is 0 Å². The van der Waals surface area contributed by atoms with Gasteiger partial charge in [-0.1, -0.05) is 0 Å². The van der Waals surface area contributed by atoms with Crippen molar-refractivity contribution in [2.24, 2.45) is 0 Å². The predicted octanol–water partition coefficient (Wildman–Crippen LogP) is 1.21. The van der Waals surface area contributed by atoms with Gasteiger partial charge in [0.15, 0.2) is 0 Å². The van der Waals surface area contributed by atoms with Crippen LogP contribution in [-0.2, 0) is 9.47 Å². The van der Waals surface area contributed by atoms with Crippen molar-refractivity contribution in [2.75, 3.05) is 14.2 Å². The van der Waals surface area contributed by atoms with Gasteiger partial charge in [0, 0.05) is 27.1 Å². The Hall–Kier alpha value is -0.660. The molecule has 0 aromatic heterocycles. The van der Waals surface area contributed by atoms with Gasteiger partial charge >= 0.3 is 6.04 Å². The van der Waals surface area contributed by atoms with Crippen molar-refractivity contribution in [3.05, 3.63) is 0 Å². The van der Waals surface area contributed by atoms with Gasteiger partial charge in [0.1, 0.15) is 0 Å². The fraction of sp³-hybridized carbons (Fsp3) is 0.833. The summed E-state index contributed by atoms with van der Waals surface area (Å²) in [5, 5.41) is 8.09. The Labute approximate surface area is 59.3 Å². The molecule has 10 heavy (non-hydrogen) atoms. The largest absolute Gasteiger partial charge is 0.327 e. The second kappa shape index (κ2) is 4.20. The molecule has 0 rings (SSSR count). The molecule has 0 radical (unpaired) electrons. The van der Waals surface area contributed by atoms with Crippen molar-refractivity contribution < 1.29 is 13.9 Å². The van der Waals surface area contributed by atoms with Crippen LogP contribution >= 0.6 is 0 Å². The van der Waals surface area contributed by atoms with Crippen molar-refractivity contribution in [2.45, 2.75) is 18.9 Å². The first-order valence-electron chi connectivity index (χ1n) is 2.84. The molecule has 3 nitrogen and oxygen atoms in total. The van der Waals surface area contributed by atoms with Crippen LogP contribution in [0, 0.1) is 11.3 Å². The highest BCUT2D eigenvalue weighted by molar-refractivity contribution is 4.71. The minimum Gasteiger partial charge on any atom is -0.327 e. The second-order valence-corrected chi connectivity index (χ2v) is 1.73. The molecule has 0 unspecified atom stereocenters. The van der Waals surface area contributed by atoms with E-state index in [1.165, 1.54) is 14.2 Å². The van der Waals surface area contributed by atoms with Crippen LogP contribution in [0.25, 0.3) is 0 Å². The Morgan fingerprint density at radius 3 is 2.30 bits per heavy atom. The highest BCUT2D eigenvalue weighted by Crippen LogP contribution is 2.18. The summed E-state index contributed by atoms with van der Waals surface area (Å²) in [6.07, 6.45) is 0.0225. The van der Waals surface area contributed by atoms with Crippen molar-refractivity contribution in [3.63, 3.8) is 0 Å². The van der Waals surface area contributed by atoms with Crippen LogP contribution in [0.4, 0.5) is 4.39 Å². The van der Waals surface area contributed by atoms with Crippen molar-refractivity contribution in [1.29, 1.82) is 5.26 Å². The second-order valence-electron chi connectivity index (χ2n) is 1.73. The van der Waals surface area contributed by atoms with Gasteiger partial charge in [0.05, 0.1) is 6.07 Å². The molecule has 58 valence electrons. The highest BCUT2D eigenvalue weighted by atomic mass is 19.2. The predicted molar refractivity (Wildman–Crippen MR) is 32.7 cm³/mol. The molecule has 0 aromatic carbocycles. The lowest BCUT2D eigenvalue weighted by molar-refractivity contribution is -0.295. The number of nitrogens with zero attached hydrogens (tertiary/aromatic N) is 1. The number of halogens is 1. The maximum Gasteiger partial charge on any atom is 0.320 e. The van der Waals surface area contributed by atoms with Gasteiger partial charge in [-0.25, -0.2) is 0 Å². The molecule has 0 atom stereocenters. The Bertz CT molecular complexity index is 128. The summed E-state index contributed by atoms with van der Waals surface area (Å²) in [5.41, 5.74) is 0. The number of methoxy groups -OCH3 is 2. The van der Waals surface area contributed by atoms with Crippen molar-refractivity contribution in [1.82, 2.24) is 0 Å². The normalized spacial score (nSPS) is 11.0. The average Bonchev–Trinajstić information content (AvgIpc) is 2.00. The van der Waals surface area contributed by atoms with E-state index >= 15 is 0 Å². The number of hydrogen-bond donors (Lipinski definition) is 0. The molecule has 0 N–H and O–H groups in total. The third-order valence-corrected chi connectivity index (χ3v) is 1.15. The molecule has 0 saturated carbocycles. The number of rotatable bonds is 4. The van der Waals surface area contributed by atoms with E-state index in [9.17, 15) is 4.39 Å². The monoisotopic (exact) mass is 147 g/mol. The summed E-state index contributed by atoms with van der Waals surface area (Å²) < 4.78 is 21.5.